The van der Waals surface area contributed by atoms with Crippen molar-refractivity contribution in [2.75, 3.05) is 24.6 Å². The van der Waals surface area contributed by atoms with E-state index >= 15 is 0 Å². The quantitative estimate of drug-likeness (QED) is 0.862. The molecule has 22 heavy (non-hydrogen) atoms. The van der Waals surface area contributed by atoms with E-state index in [0.717, 1.165) is 30.8 Å². The number of nitrogens with one attached hydrogen (secondary N) is 1. The molecule has 2 atom stereocenters. The van der Waals surface area contributed by atoms with Crippen molar-refractivity contribution in [2.45, 2.75) is 38.3 Å². The molecule has 1 aromatic rings. The van der Waals surface area contributed by atoms with Crippen LogP contribution in [-0.2, 0) is 14.6 Å². The lowest BCUT2D eigenvalue weighted by Gasteiger charge is -2.22. The van der Waals surface area contributed by atoms with Crippen molar-refractivity contribution >= 4 is 15.7 Å². The third kappa shape index (κ3) is 3.49. The Morgan fingerprint density at radius 3 is 2.95 bits per heavy atom. The molecule has 1 aromatic heterocycles. The first-order chi connectivity index (χ1) is 10.4. The fraction of sp³-hybridized carbons (Fsp3) is 0.714. The van der Waals surface area contributed by atoms with Crippen LogP contribution in [0.4, 0.5) is 0 Å². The highest BCUT2D eigenvalue weighted by atomic mass is 32.2. The van der Waals surface area contributed by atoms with E-state index in [1.807, 2.05) is 13.0 Å². The fourth-order valence-corrected chi connectivity index (χ4v) is 4.92. The Labute approximate surface area is 129 Å². The molecule has 2 aliphatic heterocycles. The first-order valence-corrected chi connectivity index (χ1v) is 9.42. The van der Waals surface area contributed by atoms with Crippen LogP contribution in [0.1, 0.15) is 36.8 Å². The maximum Gasteiger partial charge on any atom is 0.234 e. The van der Waals surface area contributed by atoms with Gasteiger partial charge in [0.1, 0.15) is 0 Å². The average molecular weight is 327 g/mol. The lowest BCUT2D eigenvalue weighted by Crippen LogP contribution is -2.42. The van der Waals surface area contributed by atoms with Crippen LogP contribution in [0.3, 0.4) is 0 Å². The number of rotatable bonds is 4. The smallest absolute Gasteiger partial charge is 0.234 e. The molecule has 1 N–H and O–H groups in total. The molecule has 2 fully saturated rings. The van der Waals surface area contributed by atoms with Crippen LogP contribution in [0.15, 0.2) is 10.6 Å². The van der Waals surface area contributed by atoms with Gasteiger partial charge in [0.25, 0.3) is 0 Å². The van der Waals surface area contributed by atoms with Gasteiger partial charge < -0.3 is 9.84 Å². The van der Waals surface area contributed by atoms with E-state index in [2.05, 4.69) is 15.4 Å². The van der Waals surface area contributed by atoms with E-state index in [0.29, 0.717) is 6.42 Å². The molecule has 0 radical (unpaired) electrons. The van der Waals surface area contributed by atoms with Gasteiger partial charge >= 0.3 is 0 Å². The van der Waals surface area contributed by atoms with Gasteiger partial charge in [-0.25, -0.2) is 8.42 Å². The number of hydrogen-bond acceptors (Lipinski definition) is 6. The predicted molar refractivity (Wildman–Crippen MR) is 80.0 cm³/mol. The van der Waals surface area contributed by atoms with Crippen molar-refractivity contribution in [3.05, 3.63) is 17.5 Å². The van der Waals surface area contributed by atoms with Gasteiger partial charge in [-0.1, -0.05) is 5.16 Å². The van der Waals surface area contributed by atoms with Crippen molar-refractivity contribution in [1.29, 1.82) is 0 Å². The number of aromatic nitrogens is 1. The maximum atomic E-state index is 12.2. The molecule has 0 bridgehead atoms. The van der Waals surface area contributed by atoms with Gasteiger partial charge in [0, 0.05) is 12.1 Å². The number of carbonyl (C=O) groups excluding carboxylic acids is 1. The van der Waals surface area contributed by atoms with Crippen LogP contribution in [0.2, 0.25) is 0 Å². The Bertz CT molecular complexity index is 655. The SMILES string of the molecule is Cc1cc(C2CCCN2CC(=O)NC2CCS(=O)(=O)C2)on1. The van der Waals surface area contributed by atoms with E-state index in [1.54, 1.807) is 0 Å². The topological polar surface area (TPSA) is 92.5 Å². The number of likely N-dealkylation sites (tertiary alicyclic amines) is 1. The van der Waals surface area contributed by atoms with Crippen LogP contribution in [-0.4, -0.2) is 55.0 Å². The number of amides is 1. The summed E-state index contributed by atoms with van der Waals surface area (Å²) in [6.07, 6.45) is 2.47. The average Bonchev–Trinajstić information content (AvgIpc) is 3.11. The fourth-order valence-electron chi connectivity index (χ4n) is 3.24. The summed E-state index contributed by atoms with van der Waals surface area (Å²) in [7, 11) is -2.97. The van der Waals surface area contributed by atoms with Gasteiger partial charge in [0.2, 0.25) is 5.91 Å². The molecule has 0 spiro atoms. The van der Waals surface area contributed by atoms with Crippen LogP contribution in [0, 0.1) is 6.92 Å². The summed E-state index contributed by atoms with van der Waals surface area (Å²) < 4.78 is 28.2. The normalized spacial score (nSPS) is 28.0. The van der Waals surface area contributed by atoms with Gasteiger partial charge in [0.05, 0.1) is 29.8 Å². The van der Waals surface area contributed by atoms with Crippen molar-refractivity contribution in [3.63, 3.8) is 0 Å². The highest BCUT2D eigenvalue weighted by Gasteiger charge is 2.32. The lowest BCUT2D eigenvalue weighted by atomic mass is 10.1. The number of sulfone groups is 1. The van der Waals surface area contributed by atoms with Crippen molar-refractivity contribution in [2.24, 2.45) is 0 Å². The molecule has 0 aromatic carbocycles. The largest absolute Gasteiger partial charge is 0.359 e. The molecule has 1 amide bonds. The summed E-state index contributed by atoms with van der Waals surface area (Å²) in [5, 5.41) is 6.74. The summed E-state index contributed by atoms with van der Waals surface area (Å²) in [6, 6.07) is 1.75. The second-order valence-corrected chi connectivity index (χ2v) is 8.40. The van der Waals surface area contributed by atoms with Crippen molar-refractivity contribution < 1.29 is 17.7 Å². The molecule has 2 saturated heterocycles. The van der Waals surface area contributed by atoms with Gasteiger partial charge in [-0.2, -0.15) is 0 Å². The van der Waals surface area contributed by atoms with Gasteiger partial charge in [-0.15, -0.1) is 0 Å². The Balaban J connectivity index is 1.56. The molecule has 3 rings (SSSR count). The Hall–Kier alpha value is -1.41. The number of nitrogens with zero attached hydrogens (tertiary/aromatic N) is 2. The summed E-state index contributed by atoms with van der Waals surface area (Å²) in [6.45, 7) is 2.97. The molecule has 3 heterocycles. The number of carbonyl (C=O) groups is 1. The predicted octanol–water partition coefficient (Wildman–Crippen LogP) is 0.423. The third-order valence-electron chi connectivity index (χ3n) is 4.28. The van der Waals surface area contributed by atoms with Gasteiger partial charge in [0.15, 0.2) is 15.6 Å². The summed E-state index contributed by atoms with van der Waals surface area (Å²) in [5.74, 6) is 0.905. The minimum absolute atomic E-state index is 0.0590. The highest BCUT2D eigenvalue weighted by Crippen LogP contribution is 2.31. The first kappa shape index (κ1) is 15.5. The molecular formula is C14H21N3O4S. The molecule has 0 aliphatic carbocycles. The molecule has 2 aliphatic rings. The molecule has 0 saturated carbocycles. The first-order valence-electron chi connectivity index (χ1n) is 7.60. The van der Waals surface area contributed by atoms with E-state index < -0.39 is 9.84 Å². The molecular weight excluding hydrogens is 306 g/mol. The van der Waals surface area contributed by atoms with E-state index in [9.17, 15) is 13.2 Å². The zero-order chi connectivity index (χ0) is 15.7. The van der Waals surface area contributed by atoms with Crippen LogP contribution in [0.5, 0.6) is 0 Å². The second-order valence-electron chi connectivity index (χ2n) is 6.17. The van der Waals surface area contributed by atoms with Crippen molar-refractivity contribution in [1.82, 2.24) is 15.4 Å². The van der Waals surface area contributed by atoms with Crippen LogP contribution >= 0.6 is 0 Å². The molecule has 8 heteroatoms. The number of hydrogen-bond donors (Lipinski definition) is 1. The zero-order valence-corrected chi connectivity index (χ0v) is 13.4. The second kappa shape index (κ2) is 6.00. The summed E-state index contributed by atoms with van der Waals surface area (Å²) in [4.78, 5) is 14.2. The minimum Gasteiger partial charge on any atom is -0.359 e. The van der Waals surface area contributed by atoms with E-state index in [-0.39, 0.29) is 36.0 Å². The Morgan fingerprint density at radius 2 is 2.32 bits per heavy atom. The molecule has 122 valence electrons. The Kier molecular flexibility index (Phi) is 4.22. The van der Waals surface area contributed by atoms with Crippen LogP contribution < -0.4 is 5.32 Å². The monoisotopic (exact) mass is 327 g/mol. The Morgan fingerprint density at radius 1 is 1.50 bits per heavy atom. The molecule has 7 nitrogen and oxygen atoms in total. The van der Waals surface area contributed by atoms with Crippen LogP contribution in [0.25, 0.3) is 0 Å². The minimum atomic E-state index is -2.97. The number of aryl methyl sites for hydroxylation is 1. The maximum absolute atomic E-state index is 12.2. The molecule has 2 unspecified atom stereocenters. The third-order valence-corrected chi connectivity index (χ3v) is 6.05. The summed E-state index contributed by atoms with van der Waals surface area (Å²) in [5.41, 5.74) is 0.836. The van der Waals surface area contributed by atoms with Gasteiger partial charge in [-0.05, 0) is 32.7 Å². The van der Waals surface area contributed by atoms with E-state index in [4.69, 9.17) is 4.52 Å². The zero-order valence-electron chi connectivity index (χ0n) is 12.6. The standard InChI is InChI=1S/C14H21N3O4S/c1-10-7-13(21-16-10)12-3-2-5-17(12)8-14(18)15-11-4-6-22(19,20)9-11/h7,11-12H,2-6,8-9H2,1H3,(H,15,18). The highest BCUT2D eigenvalue weighted by molar-refractivity contribution is 7.91. The van der Waals surface area contributed by atoms with E-state index in [1.165, 1.54) is 0 Å². The van der Waals surface area contributed by atoms with Gasteiger partial charge in [-0.3, -0.25) is 9.69 Å². The van der Waals surface area contributed by atoms with Crippen molar-refractivity contribution in [3.8, 4) is 0 Å². The summed E-state index contributed by atoms with van der Waals surface area (Å²) >= 11 is 0. The lowest BCUT2D eigenvalue weighted by molar-refractivity contribution is -0.123.